The molecule has 1 saturated carbocycles. The minimum atomic E-state index is -3.46. The van der Waals surface area contributed by atoms with Gasteiger partial charge in [0.1, 0.15) is 11.8 Å². The number of sulfonamides is 1. The molecular formula is C30H35N5O3S. The highest BCUT2D eigenvalue weighted by Gasteiger charge is 2.27. The van der Waals surface area contributed by atoms with Crippen LogP contribution in [0.5, 0.6) is 11.8 Å². The Hall–Kier alpha value is -3.90. The Morgan fingerprint density at radius 1 is 1.15 bits per heavy atom. The van der Waals surface area contributed by atoms with E-state index in [1.165, 1.54) is 0 Å². The van der Waals surface area contributed by atoms with Crippen LogP contribution in [0.2, 0.25) is 0 Å². The fourth-order valence-corrected chi connectivity index (χ4v) is 7.01. The molecule has 0 radical (unpaired) electrons. The molecule has 4 aromatic rings. The molecule has 204 valence electrons. The van der Waals surface area contributed by atoms with Gasteiger partial charge in [0.2, 0.25) is 10.0 Å². The highest BCUT2D eigenvalue weighted by molar-refractivity contribution is 7.92. The molecule has 0 aliphatic heterocycles. The van der Waals surface area contributed by atoms with Gasteiger partial charge in [-0.1, -0.05) is 39.7 Å². The van der Waals surface area contributed by atoms with E-state index in [1.54, 1.807) is 18.5 Å². The Bertz CT molecular complexity index is 1640. The second kappa shape index (κ2) is 11.1. The maximum absolute atomic E-state index is 12.7. The molecule has 0 amide bonds. The van der Waals surface area contributed by atoms with E-state index in [4.69, 9.17) is 4.74 Å². The van der Waals surface area contributed by atoms with Gasteiger partial charge in [0.05, 0.1) is 28.2 Å². The van der Waals surface area contributed by atoms with Gasteiger partial charge in [-0.05, 0) is 66.6 Å². The molecule has 1 aliphatic rings. The zero-order valence-electron chi connectivity index (χ0n) is 22.5. The van der Waals surface area contributed by atoms with Crippen molar-refractivity contribution in [3.05, 3.63) is 66.0 Å². The fourth-order valence-electron chi connectivity index (χ4n) is 5.52. The van der Waals surface area contributed by atoms with Gasteiger partial charge in [0.15, 0.2) is 0 Å². The lowest BCUT2D eigenvalue weighted by Gasteiger charge is -2.20. The van der Waals surface area contributed by atoms with E-state index < -0.39 is 10.0 Å². The van der Waals surface area contributed by atoms with E-state index in [-0.39, 0.29) is 25.1 Å². The average Bonchev–Trinajstić information content (AvgIpc) is 3.54. The summed E-state index contributed by atoms with van der Waals surface area (Å²) < 4.78 is 36.3. The summed E-state index contributed by atoms with van der Waals surface area (Å²) in [6, 6.07) is 16.2. The monoisotopic (exact) mass is 545 g/mol. The third kappa shape index (κ3) is 5.62. The van der Waals surface area contributed by atoms with Crippen LogP contribution >= 0.6 is 0 Å². The Morgan fingerprint density at radius 3 is 2.56 bits per heavy atom. The number of aromatic nitrogens is 3. The quantitative estimate of drug-likeness (QED) is 0.241. The number of hydrogen-bond donors (Lipinski definition) is 1. The number of nitriles is 1. The maximum Gasteiger partial charge on any atom is 0.321 e. The van der Waals surface area contributed by atoms with Crippen LogP contribution in [-0.2, 0) is 16.4 Å². The Kier molecular flexibility index (Phi) is 7.58. The third-order valence-electron chi connectivity index (χ3n) is 7.11. The lowest BCUT2D eigenvalue weighted by molar-refractivity contribution is 0.442. The summed E-state index contributed by atoms with van der Waals surface area (Å²) in [7, 11) is -3.46. The standard InChI is InChI=1S/C30H33N5O3S.H2/c1-4-21-16-22(10-13-27(21)34-39(36,37)19-20(2)3)29-26(18-31)25-12-11-24(38-30-32-14-7-15-33-30)17-28(25)35(29)23-8-5-6-9-23;/h7,10-17,20,23,34H,4-6,8-9,19H2,1-3H3;1H. The SMILES string of the molecule is CCc1cc(-c2c(C#N)c3ccc(Oc4ncccn4)cc3n2C2CCCC2)ccc1NS(=O)(=O)CC(C)C.[HH]. The van der Waals surface area contributed by atoms with Gasteiger partial charge >= 0.3 is 6.01 Å². The molecule has 0 bridgehead atoms. The largest absolute Gasteiger partial charge is 0.424 e. The summed E-state index contributed by atoms with van der Waals surface area (Å²) in [5, 5.41) is 11.2. The number of fused-ring (bicyclic) bond motifs is 1. The van der Waals surface area contributed by atoms with Gasteiger partial charge in [-0.3, -0.25) is 4.72 Å². The summed E-state index contributed by atoms with van der Waals surface area (Å²) in [5.41, 5.74) is 4.77. The topological polar surface area (TPSA) is 110 Å². The van der Waals surface area contributed by atoms with Crippen molar-refractivity contribution in [2.24, 2.45) is 5.92 Å². The van der Waals surface area contributed by atoms with Crippen molar-refractivity contribution in [1.29, 1.82) is 5.26 Å². The Balaban J connectivity index is 0.00000370. The predicted octanol–water partition coefficient (Wildman–Crippen LogP) is 7.08. The highest BCUT2D eigenvalue weighted by atomic mass is 32.2. The molecule has 2 aromatic heterocycles. The van der Waals surface area contributed by atoms with Crippen molar-refractivity contribution < 1.29 is 14.6 Å². The highest BCUT2D eigenvalue weighted by Crippen LogP contribution is 2.43. The minimum absolute atomic E-state index is 0. The zero-order chi connectivity index (χ0) is 27.6. The minimum Gasteiger partial charge on any atom is -0.424 e. The van der Waals surface area contributed by atoms with Crippen LogP contribution in [0.1, 0.15) is 65.0 Å². The summed E-state index contributed by atoms with van der Waals surface area (Å²) >= 11 is 0. The van der Waals surface area contributed by atoms with E-state index >= 15 is 0 Å². The first-order valence-electron chi connectivity index (χ1n) is 13.5. The van der Waals surface area contributed by atoms with Crippen LogP contribution < -0.4 is 9.46 Å². The molecule has 5 rings (SSSR count). The van der Waals surface area contributed by atoms with E-state index in [1.807, 2.05) is 57.2 Å². The van der Waals surface area contributed by atoms with Gasteiger partial charge < -0.3 is 9.30 Å². The number of aryl methyl sites for hydroxylation is 1. The van der Waals surface area contributed by atoms with Crippen LogP contribution in [-0.4, -0.2) is 28.7 Å². The van der Waals surface area contributed by atoms with Gasteiger partial charge in [0.25, 0.3) is 0 Å². The van der Waals surface area contributed by atoms with E-state index in [0.29, 0.717) is 23.4 Å². The van der Waals surface area contributed by atoms with Crippen molar-refractivity contribution in [1.82, 2.24) is 14.5 Å². The number of rotatable bonds is 9. The Labute approximate surface area is 231 Å². The molecule has 9 heteroatoms. The van der Waals surface area contributed by atoms with Crippen molar-refractivity contribution in [3.63, 3.8) is 0 Å². The van der Waals surface area contributed by atoms with Crippen molar-refractivity contribution in [2.45, 2.75) is 58.9 Å². The van der Waals surface area contributed by atoms with Crippen LogP contribution in [0.4, 0.5) is 5.69 Å². The van der Waals surface area contributed by atoms with Gasteiger partial charge in [0, 0.05) is 31.3 Å². The van der Waals surface area contributed by atoms with Gasteiger partial charge in [-0.2, -0.15) is 5.26 Å². The molecule has 0 unspecified atom stereocenters. The molecule has 2 heterocycles. The molecule has 39 heavy (non-hydrogen) atoms. The summed E-state index contributed by atoms with van der Waals surface area (Å²) in [6.07, 6.45) is 8.24. The molecule has 2 aromatic carbocycles. The van der Waals surface area contributed by atoms with E-state index in [0.717, 1.165) is 53.4 Å². The summed E-state index contributed by atoms with van der Waals surface area (Å²) in [4.78, 5) is 8.34. The number of benzene rings is 2. The molecular weight excluding hydrogens is 510 g/mol. The van der Waals surface area contributed by atoms with Crippen molar-refractivity contribution in [3.8, 4) is 29.1 Å². The third-order valence-corrected chi connectivity index (χ3v) is 8.74. The summed E-state index contributed by atoms with van der Waals surface area (Å²) in [5.74, 6) is 0.685. The molecule has 8 nitrogen and oxygen atoms in total. The first-order chi connectivity index (χ1) is 18.8. The number of nitrogens with one attached hydrogen (secondary N) is 1. The van der Waals surface area contributed by atoms with Crippen molar-refractivity contribution in [2.75, 3.05) is 10.5 Å². The van der Waals surface area contributed by atoms with Crippen LogP contribution in [0, 0.1) is 17.2 Å². The first-order valence-corrected chi connectivity index (χ1v) is 15.1. The molecule has 1 aliphatic carbocycles. The number of ether oxygens (including phenoxy) is 1. The lowest BCUT2D eigenvalue weighted by atomic mass is 10.0. The second-order valence-corrected chi connectivity index (χ2v) is 12.2. The number of nitrogens with zero attached hydrogens (tertiary/aromatic N) is 4. The molecule has 1 fully saturated rings. The lowest BCUT2D eigenvalue weighted by Crippen LogP contribution is -2.20. The molecule has 0 saturated heterocycles. The summed E-state index contributed by atoms with van der Waals surface area (Å²) in [6.45, 7) is 5.78. The predicted molar refractivity (Wildman–Crippen MR) is 155 cm³/mol. The fraction of sp³-hybridized carbons (Fsp3) is 0.367. The Morgan fingerprint density at radius 2 is 1.90 bits per heavy atom. The number of anilines is 1. The van der Waals surface area contributed by atoms with Crippen LogP contribution in [0.3, 0.4) is 0 Å². The normalized spacial score (nSPS) is 14.1. The molecule has 1 N–H and O–H groups in total. The maximum atomic E-state index is 12.7. The first kappa shape index (κ1) is 26.7. The van der Waals surface area contributed by atoms with Gasteiger partial charge in [-0.15, -0.1) is 0 Å². The second-order valence-electron chi connectivity index (χ2n) is 10.5. The van der Waals surface area contributed by atoms with Crippen LogP contribution in [0.15, 0.2) is 54.9 Å². The zero-order valence-corrected chi connectivity index (χ0v) is 23.3. The van der Waals surface area contributed by atoms with E-state index in [9.17, 15) is 13.7 Å². The van der Waals surface area contributed by atoms with Crippen molar-refractivity contribution >= 4 is 26.6 Å². The van der Waals surface area contributed by atoms with Gasteiger partial charge in [-0.25, -0.2) is 18.4 Å². The van der Waals surface area contributed by atoms with E-state index in [2.05, 4.69) is 25.3 Å². The number of hydrogen-bond acceptors (Lipinski definition) is 6. The van der Waals surface area contributed by atoms with Crippen LogP contribution in [0.25, 0.3) is 22.2 Å². The molecule has 0 spiro atoms. The molecule has 0 atom stereocenters. The smallest absolute Gasteiger partial charge is 0.321 e. The average molecular weight is 546 g/mol.